The van der Waals surface area contributed by atoms with E-state index in [1.54, 1.807) is 0 Å². The standard InChI is InChI=1S/C12H24O2.2C10H20/c13-9-11-5-1-2-6-12(10-14)8-4-3-7-11;2*1-2-4-6-8-10-9-7-5-3-1/h11-14H,1-10H2;2*1-10H2. The van der Waals surface area contributed by atoms with Crippen LogP contribution in [0.3, 0.4) is 0 Å². The minimum atomic E-state index is 0.365. The minimum Gasteiger partial charge on any atom is -0.396 e. The lowest BCUT2D eigenvalue weighted by Crippen LogP contribution is -2.11. The molecule has 3 fully saturated rings. The SMILES string of the molecule is C1CCCCCCCCC1.C1CCCCCCCCC1.OCC1CCCCC(CO)CCCC1. The van der Waals surface area contributed by atoms with Gasteiger partial charge in [0.1, 0.15) is 0 Å². The molecule has 3 aliphatic carbocycles. The van der Waals surface area contributed by atoms with E-state index in [9.17, 15) is 0 Å². The highest BCUT2D eigenvalue weighted by Gasteiger charge is 2.12. The Morgan fingerprint density at radius 3 is 0.529 bits per heavy atom. The Kier molecular flexibility index (Phi) is 24.4. The summed E-state index contributed by atoms with van der Waals surface area (Å²) in [6.45, 7) is 0.729. The first-order valence-electron chi connectivity index (χ1n) is 16.1. The second-order valence-corrected chi connectivity index (χ2v) is 11.7. The van der Waals surface area contributed by atoms with Gasteiger partial charge in [-0.25, -0.2) is 0 Å². The van der Waals surface area contributed by atoms with Crippen LogP contribution < -0.4 is 0 Å². The fourth-order valence-electron chi connectivity index (χ4n) is 5.92. The van der Waals surface area contributed by atoms with Crippen LogP contribution in [0.5, 0.6) is 0 Å². The summed E-state index contributed by atoms with van der Waals surface area (Å²) in [7, 11) is 0. The molecule has 0 radical (unpaired) electrons. The van der Waals surface area contributed by atoms with Crippen molar-refractivity contribution in [3.8, 4) is 0 Å². The van der Waals surface area contributed by atoms with Crippen LogP contribution in [0.4, 0.5) is 0 Å². The second kappa shape index (κ2) is 26.0. The van der Waals surface area contributed by atoms with Gasteiger partial charge in [-0.1, -0.05) is 154 Å². The van der Waals surface area contributed by atoms with Gasteiger partial charge >= 0.3 is 0 Å². The molecule has 0 atom stereocenters. The van der Waals surface area contributed by atoms with Gasteiger partial charge in [0.15, 0.2) is 0 Å². The van der Waals surface area contributed by atoms with Gasteiger partial charge in [-0.05, 0) is 37.5 Å². The molecule has 3 aliphatic rings. The molecule has 3 rings (SSSR count). The molecule has 2 N–H and O–H groups in total. The molecule has 204 valence electrons. The van der Waals surface area contributed by atoms with Crippen LogP contribution in [-0.2, 0) is 0 Å². The van der Waals surface area contributed by atoms with E-state index < -0.39 is 0 Å². The van der Waals surface area contributed by atoms with Gasteiger partial charge in [-0.3, -0.25) is 0 Å². The first kappa shape index (κ1) is 31.9. The molecule has 2 heteroatoms. The van der Waals surface area contributed by atoms with Crippen molar-refractivity contribution in [1.29, 1.82) is 0 Å². The Morgan fingerprint density at radius 2 is 0.412 bits per heavy atom. The normalized spacial score (nSPS) is 27.0. The molecular formula is C32H64O2. The van der Waals surface area contributed by atoms with Crippen molar-refractivity contribution in [2.75, 3.05) is 13.2 Å². The summed E-state index contributed by atoms with van der Waals surface area (Å²) in [5, 5.41) is 18.3. The van der Waals surface area contributed by atoms with Gasteiger partial charge in [0.05, 0.1) is 0 Å². The summed E-state index contributed by atoms with van der Waals surface area (Å²) in [6, 6.07) is 0. The predicted molar refractivity (Wildman–Crippen MR) is 150 cm³/mol. The van der Waals surface area contributed by atoms with Crippen molar-refractivity contribution in [1.82, 2.24) is 0 Å². The highest BCUT2D eigenvalue weighted by atomic mass is 16.3. The van der Waals surface area contributed by atoms with Crippen molar-refractivity contribution < 1.29 is 10.2 Å². The fourth-order valence-corrected chi connectivity index (χ4v) is 5.92. The molecule has 0 amide bonds. The van der Waals surface area contributed by atoms with E-state index in [4.69, 9.17) is 10.2 Å². The van der Waals surface area contributed by atoms with Crippen molar-refractivity contribution in [2.24, 2.45) is 11.8 Å². The fraction of sp³-hybridized carbons (Fsp3) is 1.00. The first-order valence-corrected chi connectivity index (χ1v) is 16.1. The van der Waals surface area contributed by atoms with Gasteiger partial charge in [-0.2, -0.15) is 0 Å². The van der Waals surface area contributed by atoms with Crippen LogP contribution in [0.2, 0.25) is 0 Å². The Bertz CT molecular complexity index is 269. The Morgan fingerprint density at radius 1 is 0.265 bits per heavy atom. The summed E-state index contributed by atoms with van der Waals surface area (Å²) in [5.41, 5.74) is 0. The number of aliphatic hydroxyl groups is 2. The predicted octanol–water partition coefficient (Wildman–Crippen LogP) is 10.1. The topological polar surface area (TPSA) is 40.5 Å². The Hall–Kier alpha value is -0.0800. The van der Waals surface area contributed by atoms with Crippen molar-refractivity contribution in [2.45, 2.75) is 180 Å². The highest BCUT2D eigenvalue weighted by Crippen LogP contribution is 2.24. The third kappa shape index (κ3) is 21.2. The maximum Gasteiger partial charge on any atom is 0.0459 e. The molecule has 0 aromatic rings. The molecule has 0 heterocycles. The van der Waals surface area contributed by atoms with Crippen LogP contribution in [0.15, 0.2) is 0 Å². The maximum atomic E-state index is 9.13. The monoisotopic (exact) mass is 480 g/mol. The molecule has 0 aliphatic heterocycles. The third-order valence-electron chi connectivity index (χ3n) is 8.47. The van der Waals surface area contributed by atoms with E-state index in [1.807, 2.05) is 0 Å². The summed E-state index contributed by atoms with van der Waals surface area (Å²) in [5.74, 6) is 1.08. The van der Waals surface area contributed by atoms with Crippen LogP contribution >= 0.6 is 0 Å². The molecule has 0 aromatic carbocycles. The van der Waals surface area contributed by atoms with Crippen molar-refractivity contribution in [3.63, 3.8) is 0 Å². The van der Waals surface area contributed by atoms with Gasteiger partial charge < -0.3 is 10.2 Å². The molecular weight excluding hydrogens is 416 g/mol. The lowest BCUT2D eigenvalue weighted by molar-refractivity contribution is 0.180. The van der Waals surface area contributed by atoms with Crippen molar-refractivity contribution in [3.05, 3.63) is 0 Å². The molecule has 3 saturated carbocycles. The average molecular weight is 481 g/mol. The maximum absolute atomic E-state index is 9.13. The van der Waals surface area contributed by atoms with Crippen LogP contribution in [0, 0.1) is 11.8 Å². The second-order valence-electron chi connectivity index (χ2n) is 11.7. The van der Waals surface area contributed by atoms with Gasteiger partial charge in [-0.15, -0.1) is 0 Å². The quantitative estimate of drug-likeness (QED) is 0.412. The summed E-state index contributed by atoms with van der Waals surface area (Å²) >= 11 is 0. The Balaban J connectivity index is 0.000000261. The van der Waals surface area contributed by atoms with Crippen LogP contribution in [0.25, 0.3) is 0 Å². The number of aliphatic hydroxyl groups excluding tert-OH is 2. The summed E-state index contributed by atoms with van der Waals surface area (Å²) in [6.07, 6.45) is 39.6. The molecule has 0 aromatic heterocycles. The summed E-state index contributed by atoms with van der Waals surface area (Å²) < 4.78 is 0. The van der Waals surface area contributed by atoms with E-state index >= 15 is 0 Å². The molecule has 0 saturated heterocycles. The molecule has 0 spiro atoms. The summed E-state index contributed by atoms with van der Waals surface area (Å²) in [4.78, 5) is 0. The van der Waals surface area contributed by atoms with E-state index in [2.05, 4.69) is 0 Å². The lowest BCUT2D eigenvalue weighted by atomic mass is 9.89. The smallest absolute Gasteiger partial charge is 0.0459 e. The molecule has 0 unspecified atom stereocenters. The zero-order chi connectivity index (χ0) is 24.4. The van der Waals surface area contributed by atoms with Gasteiger partial charge in [0.25, 0.3) is 0 Å². The van der Waals surface area contributed by atoms with Gasteiger partial charge in [0.2, 0.25) is 0 Å². The van der Waals surface area contributed by atoms with E-state index in [1.165, 1.54) is 180 Å². The first-order chi connectivity index (χ1) is 16.9. The van der Waals surface area contributed by atoms with Crippen LogP contribution in [0.1, 0.15) is 180 Å². The minimum absolute atomic E-state index is 0.365. The van der Waals surface area contributed by atoms with Crippen molar-refractivity contribution >= 4 is 0 Å². The van der Waals surface area contributed by atoms with E-state index in [0.29, 0.717) is 25.0 Å². The molecule has 0 bridgehead atoms. The number of rotatable bonds is 2. The van der Waals surface area contributed by atoms with E-state index in [0.717, 1.165) is 0 Å². The number of hydrogen-bond donors (Lipinski definition) is 2. The lowest BCUT2D eigenvalue weighted by Gasteiger charge is -2.19. The van der Waals surface area contributed by atoms with E-state index in [-0.39, 0.29) is 0 Å². The van der Waals surface area contributed by atoms with Gasteiger partial charge in [0, 0.05) is 13.2 Å². The average Bonchev–Trinajstić information content (AvgIpc) is 2.90. The largest absolute Gasteiger partial charge is 0.396 e. The molecule has 2 nitrogen and oxygen atoms in total. The third-order valence-corrected chi connectivity index (χ3v) is 8.47. The molecule has 34 heavy (non-hydrogen) atoms. The van der Waals surface area contributed by atoms with Crippen LogP contribution in [-0.4, -0.2) is 23.4 Å². The zero-order valence-electron chi connectivity index (χ0n) is 23.3. The number of hydrogen-bond acceptors (Lipinski definition) is 2. The highest BCUT2D eigenvalue weighted by molar-refractivity contribution is 4.65. The zero-order valence-corrected chi connectivity index (χ0v) is 23.3. The Labute approximate surface area is 215 Å².